The molecule has 19 heavy (non-hydrogen) atoms. The summed E-state index contributed by atoms with van der Waals surface area (Å²) in [5.74, 6) is 0. The minimum Gasteiger partial charge on any atom is -0.313 e. The summed E-state index contributed by atoms with van der Waals surface area (Å²) in [5.41, 5.74) is 2.91. The minimum atomic E-state index is 0.608. The van der Waals surface area contributed by atoms with Crippen molar-refractivity contribution in [3.63, 3.8) is 0 Å². The van der Waals surface area contributed by atoms with Crippen molar-refractivity contribution in [2.75, 3.05) is 13.1 Å². The van der Waals surface area contributed by atoms with Crippen LogP contribution in [0.2, 0.25) is 0 Å². The van der Waals surface area contributed by atoms with Gasteiger partial charge in [-0.3, -0.25) is 4.90 Å². The molecule has 1 aromatic carbocycles. The molecule has 0 aliphatic rings. The SMILES string of the molecule is CCCNCc1ccccc1CN(CCC)C(C)C. The second kappa shape index (κ2) is 9.11. The Morgan fingerprint density at radius 2 is 1.74 bits per heavy atom. The maximum absolute atomic E-state index is 3.51. The third kappa shape index (κ3) is 5.75. The summed E-state index contributed by atoms with van der Waals surface area (Å²) in [5, 5.41) is 3.51. The molecule has 2 nitrogen and oxygen atoms in total. The molecule has 108 valence electrons. The Kier molecular flexibility index (Phi) is 7.76. The van der Waals surface area contributed by atoms with Crippen molar-refractivity contribution in [3.05, 3.63) is 35.4 Å². The zero-order valence-electron chi connectivity index (χ0n) is 13.1. The van der Waals surface area contributed by atoms with E-state index in [0.717, 1.165) is 19.6 Å². The normalized spacial score (nSPS) is 11.5. The van der Waals surface area contributed by atoms with Crippen molar-refractivity contribution in [2.45, 2.75) is 59.7 Å². The van der Waals surface area contributed by atoms with Gasteiger partial charge in [0.05, 0.1) is 0 Å². The molecular weight excluding hydrogens is 232 g/mol. The topological polar surface area (TPSA) is 15.3 Å². The first-order valence-corrected chi connectivity index (χ1v) is 7.70. The van der Waals surface area contributed by atoms with Crippen LogP contribution in [0, 0.1) is 0 Å². The molecule has 0 aromatic heterocycles. The van der Waals surface area contributed by atoms with Crippen LogP contribution >= 0.6 is 0 Å². The number of benzene rings is 1. The summed E-state index contributed by atoms with van der Waals surface area (Å²) in [6, 6.07) is 9.43. The van der Waals surface area contributed by atoms with Crippen molar-refractivity contribution >= 4 is 0 Å². The predicted molar refractivity (Wildman–Crippen MR) is 84.3 cm³/mol. The standard InChI is InChI=1S/C17H30N2/c1-5-11-18-13-16-9-7-8-10-17(16)14-19(12-6-2)15(3)4/h7-10,15,18H,5-6,11-14H2,1-4H3. The van der Waals surface area contributed by atoms with Crippen molar-refractivity contribution in [2.24, 2.45) is 0 Å². The molecular formula is C17H30N2. The van der Waals surface area contributed by atoms with E-state index in [1.807, 2.05) is 0 Å². The number of hydrogen-bond donors (Lipinski definition) is 1. The Morgan fingerprint density at radius 3 is 2.32 bits per heavy atom. The van der Waals surface area contributed by atoms with Crippen molar-refractivity contribution in [1.29, 1.82) is 0 Å². The van der Waals surface area contributed by atoms with E-state index < -0.39 is 0 Å². The van der Waals surface area contributed by atoms with Gasteiger partial charge < -0.3 is 5.32 Å². The highest BCUT2D eigenvalue weighted by molar-refractivity contribution is 5.27. The smallest absolute Gasteiger partial charge is 0.0239 e. The molecule has 2 heteroatoms. The quantitative estimate of drug-likeness (QED) is 0.681. The Labute approximate surface area is 119 Å². The molecule has 1 N–H and O–H groups in total. The van der Waals surface area contributed by atoms with Gasteiger partial charge in [-0.15, -0.1) is 0 Å². The second-order valence-electron chi connectivity index (χ2n) is 5.51. The van der Waals surface area contributed by atoms with Crippen molar-refractivity contribution in [3.8, 4) is 0 Å². The van der Waals surface area contributed by atoms with Crippen LogP contribution in [-0.4, -0.2) is 24.0 Å². The van der Waals surface area contributed by atoms with Gasteiger partial charge in [-0.2, -0.15) is 0 Å². The molecule has 0 bridgehead atoms. The maximum Gasteiger partial charge on any atom is 0.0239 e. The number of hydrogen-bond acceptors (Lipinski definition) is 2. The first-order chi connectivity index (χ1) is 9.19. The van der Waals surface area contributed by atoms with Gasteiger partial charge in [0.15, 0.2) is 0 Å². The summed E-state index contributed by atoms with van der Waals surface area (Å²) < 4.78 is 0. The molecule has 1 aromatic rings. The van der Waals surface area contributed by atoms with Crippen LogP contribution in [0.25, 0.3) is 0 Å². The highest BCUT2D eigenvalue weighted by Gasteiger charge is 2.11. The minimum absolute atomic E-state index is 0.608. The van der Waals surface area contributed by atoms with E-state index in [1.165, 1.54) is 30.5 Å². The van der Waals surface area contributed by atoms with Gasteiger partial charge in [-0.1, -0.05) is 38.1 Å². The van der Waals surface area contributed by atoms with Gasteiger partial charge in [0.2, 0.25) is 0 Å². The molecule has 0 unspecified atom stereocenters. The summed E-state index contributed by atoms with van der Waals surface area (Å²) in [6.07, 6.45) is 2.41. The lowest BCUT2D eigenvalue weighted by molar-refractivity contribution is 0.212. The summed E-state index contributed by atoms with van der Waals surface area (Å²) >= 11 is 0. The predicted octanol–water partition coefficient (Wildman–Crippen LogP) is 3.81. The lowest BCUT2D eigenvalue weighted by atomic mass is 10.1. The van der Waals surface area contributed by atoms with E-state index in [4.69, 9.17) is 0 Å². The lowest BCUT2D eigenvalue weighted by Crippen LogP contribution is -2.31. The molecule has 0 saturated heterocycles. The first-order valence-electron chi connectivity index (χ1n) is 7.70. The third-order valence-corrected chi connectivity index (χ3v) is 3.48. The molecule has 0 aliphatic heterocycles. The largest absolute Gasteiger partial charge is 0.313 e. The molecule has 0 amide bonds. The molecule has 0 aliphatic carbocycles. The fraction of sp³-hybridized carbons (Fsp3) is 0.647. The van der Waals surface area contributed by atoms with Crippen LogP contribution in [0.1, 0.15) is 51.7 Å². The van der Waals surface area contributed by atoms with Gasteiger partial charge in [-0.05, 0) is 50.9 Å². The number of nitrogens with one attached hydrogen (secondary N) is 1. The van der Waals surface area contributed by atoms with Crippen LogP contribution in [0.15, 0.2) is 24.3 Å². The van der Waals surface area contributed by atoms with Crippen LogP contribution in [0.3, 0.4) is 0 Å². The average molecular weight is 262 g/mol. The van der Waals surface area contributed by atoms with Crippen LogP contribution in [-0.2, 0) is 13.1 Å². The van der Waals surface area contributed by atoms with Gasteiger partial charge in [-0.25, -0.2) is 0 Å². The Bertz CT molecular complexity index is 347. The zero-order valence-corrected chi connectivity index (χ0v) is 13.1. The highest BCUT2D eigenvalue weighted by Crippen LogP contribution is 2.14. The van der Waals surface area contributed by atoms with E-state index in [2.05, 4.69) is 62.2 Å². The third-order valence-electron chi connectivity index (χ3n) is 3.48. The van der Waals surface area contributed by atoms with Crippen LogP contribution in [0.5, 0.6) is 0 Å². The lowest BCUT2D eigenvalue weighted by Gasteiger charge is -2.27. The number of nitrogens with zero attached hydrogens (tertiary/aromatic N) is 1. The molecule has 0 spiro atoms. The molecule has 0 fully saturated rings. The van der Waals surface area contributed by atoms with Crippen molar-refractivity contribution < 1.29 is 0 Å². The first kappa shape index (κ1) is 16.2. The fourth-order valence-electron chi connectivity index (χ4n) is 2.31. The van der Waals surface area contributed by atoms with Crippen LogP contribution in [0.4, 0.5) is 0 Å². The Morgan fingerprint density at radius 1 is 1.05 bits per heavy atom. The second-order valence-corrected chi connectivity index (χ2v) is 5.51. The number of rotatable bonds is 9. The highest BCUT2D eigenvalue weighted by atomic mass is 15.1. The van der Waals surface area contributed by atoms with Gasteiger partial charge in [0, 0.05) is 19.1 Å². The molecule has 0 saturated carbocycles. The van der Waals surface area contributed by atoms with Gasteiger partial charge in [0.25, 0.3) is 0 Å². The average Bonchev–Trinajstić information content (AvgIpc) is 2.40. The van der Waals surface area contributed by atoms with E-state index in [0.29, 0.717) is 6.04 Å². The van der Waals surface area contributed by atoms with Crippen LogP contribution < -0.4 is 5.32 Å². The molecule has 0 atom stereocenters. The van der Waals surface area contributed by atoms with E-state index >= 15 is 0 Å². The Hall–Kier alpha value is -0.860. The maximum atomic E-state index is 3.51. The Balaban J connectivity index is 2.69. The summed E-state index contributed by atoms with van der Waals surface area (Å²) in [7, 11) is 0. The fourth-order valence-corrected chi connectivity index (χ4v) is 2.31. The van der Waals surface area contributed by atoms with Crippen molar-refractivity contribution in [1.82, 2.24) is 10.2 Å². The zero-order chi connectivity index (χ0) is 14.1. The van der Waals surface area contributed by atoms with Gasteiger partial charge >= 0.3 is 0 Å². The molecule has 0 radical (unpaired) electrons. The van der Waals surface area contributed by atoms with E-state index in [9.17, 15) is 0 Å². The monoisotopic (exact) mass is 262 g/mol. The van der Waals surface area contributed by atoms with E-state index in [-0.39, 0.29) is 0 Å². The summed E-state index contributed by atoms with van der Waals surface area (Å²) in [4.78, 5) is 2.55. The molecule has 0 heterocycles. The molecule has 1 rings (SSSR count). The van der Waals surface area contributed by atoms with E-state index in [1.54, 1.807) is 0 Å². The van der Waals surface area contributed by atoms with Gasteiger partial charge in [0.1, 0.15) is 0 Å². The summed E-state index contributed by atoms with van der Waals surface area (Å²) in [6.45, 7) is 13.4.